The predicted molar refractivity (Wildman–Crippen MR) is 158 cm³/mol. The van der Waals surface area contributed by atoms with Crippen LogP contribution in [0.1, 0.15) is 71.4 Å². The van der Waals surface area contributed by atoms with E-state index in [4.69, 9.17) is 14.5 Å². The van der Waals surface area contributed by atoms with Gasteiger partial charge in [-0.2, -0.15) is 5.26 Å². The van der Waals surface area contributed by atoms with Crippen LogP contribution in [0.5, 0.6) is 5.75 Å². The summed E-state index contributed by atoms with van der Waals surface area (Å²) in [5.74, 6) is -1.27. The van der Waals surface area contributed by atoms with Gasteiger partial charge in [-0.15, -0.1) is 11.3 Å². The Morgan fingerprint density at radius 2 is 2.02 bits per heavy atom. The number of carboxylic acids is 1. The van der Waals surface area contributed by atoms with Crippen LogP contribution in [-0.2, 0) is 23.6 Å². The Kier molecular flexibility index (Phi) is 7.96. The van der Waals surface area contributed by atoms with Crippen molar-refractivity contribution in [1.82, 2.24) is 14.5 Å². The lowest BCUT2D eigenvalue weighted by molar-refractivity contribution is -0.243. The molecule has 2 aromatic heterocycles. The predicted octanol–water partition coefficient (Wildman–Crippen LogP) is 5.81. The molecule has 0 radical (unpaired) electrons. The number of piperidine rings is 1. The third-order valence-corrected chi connectivity index (χ3v) is 9.50. The molecule has 3 atom stereocenters. The second kappa shape index (κ2) is 11.7. The number of imidazole rings is 1. The summed E-state index contributed by atoms with van der Waals surface area (Å²) in [6.45, 7) is 6.13. The van der Waals surface area contributed by atoms with Crippen LogP contribution in [0.2, 0.25) is 0 Å². The molecule has 0 bridgehead atoms. The van der Waals surface area contributed by atoms with E-state index in [-0.39, 0.29) is 28.0 Å². The number of rotatable bonds is 8. The lowest BCUT2D eigenvalue weighted by atomic mass is 9.85. The molecule has 2 N–H and O–H groups in total. The number of likely N-dealkylation sites (tertiary alicyclic amines) is 1. The van der Waals surface area contributed by atoms with Crippen LogP contribution in [0, 0.1) is 23.1 Å². The highest BCUT2D eigenvalue weighted by molar-refractivity contribution is 7.20. The number of carbonyl (C=O) groups is 1. The average Bonchev–Trinajstić information content (AvgIpc) is 3.55. The third-order valence-electron chi connectivity index (χ3n) is 8.50. The van der Waals surface area contributed by atoms with Gasteiger partial charge in [-0.05, 0) is 68.6 Å². The second-order valence-electron chi connectivity index (χ2n) is 11.4. The first-order valence-corrected chi connectivity index (χ1v) is 15.3. The molecule has 1 fully saturated rings. The van der Waals surface area contributed by atoms with Crippen molar-refractivity contribution in [3.63, 3.8) is 0 Å². The zero-order valence-corrected chi connectivity index (χ0v) is 24.8. The lowest BCUT2D eigenvalue weighted by Gasteiger charge is -2.44. The van der Waals surface area contributed by atoms with E-state index in [0.29, 0.717) is 30.1 Å². The molecule has 2 unspecified atom stereocenters. The van der Waals surface area contributed by atoms with Gasteiger partial charge < -0.3 is 24.3 Å². The van der Waals surface area contributed by atoms with Crippen LogP contribution in [0.25, 0.3) is 10.3 Å². The molecule has 4 aromatic rings. The molecular weight excluding hydrogens is 571 g/mol. The molecule has 0 amide bonds. The fourth-order valence-corrected chi connectivity index (χ4v) is 7.01. The number of nitriles is 1. The molecule has 224 valence electrons. The lowest BCUT2D eigenvalue weighted by Crippen LogP contribution is -2.43. The SMILES string of the molecule is CC[C@H](O)Cn1c(CN2CCC(C3OC(C)(c4ccc(C#N)cc4F)Oc4ccccc43)CC2)nc2sc(C(=O)O)cc21. The van der Waals surface area contributed by atoms with Gasteiger partial charge in [0.15, 0.2) is 0 Å². The summed E-state index contributed by atoms with van der Waals surface area (Å²) in [5.41, 5.74) is 2.15. The second-order valence-corrected chi connectivity index (χ2v) is 12.4. The Bertz CT molecular complexity index is 1710. The molecule has 0 aliphatic carbocycles. The number of aromatic nitrogens is 2. The smallest absolute Gasteiger partial charge is 0.346 e. The van der Waals surface area contributed by atoms with Gasteiger partial charge in [0.25, 0.3) is 0 Å². The number of para-hydroxylation sites is 1. The maximum atomic E-state index is 15.2. The average molecular weight is 605 g/mol. The maximum absolute atomic E-state index is 15.2. The largest absolute Gasteiger partial charge is 0.477 e. The van der Waals surface area contributed by atoms with Crippen molar-refractivity contribution in [3.8, 4) is 11.8 Å². The zero-order valence-electron chi connectivity index (χ0n) is 24.0. The van der Waals surface area contributed by atoms with Crippen molar-refractivity contribution in [2.24, 2.45) is 5.92 Å². The summed E-state index contributed by atoms with van der Waals surface area (Å²) in [5, 5.41) is 29.1. The van der Waals surface area contributed by atoms with Gasteiger partial charge in [0.1, 0.15) is 27.1 Å². The minimum Gasteiger partial charge on any atom is -0.477 e. The molecule has 11 heteroatoms. The fourth-order valence-electron chi connectivity index (χ4n) is 6.12. The number of hydrogen-bond acceptors (Lipinski definition) is 8. The highest BCUT2D eigenvalue weighted by Crippen LogP contribution is 2.48. The summed E-state index contributed by atoms with van der Waals surface area (Å²) in [6.07, 6.45) is 1.38. The third kappa shape index (κ3) is 5.63. The normalized spacial score (nSPS) is 21.7. The number of aliphatic hydroxyl groups excluding tert-OH is 1. The van der Waals surface area contributed by atoms with E-state index in [1.807, 2.05) is 41.8 Å². The van der Waals surface area contributed by atoms with E-state index in [0.717, 1.165) is 54.2 Å². The summed E-state index contributed by atoms with van der Waals surface area (Å²) in [4.78, 5) is 19.5. The molecule has 43 heavy (non-hydrogen) atoms. The number of aromatic carboxylic acids is 1. The first-order chi connectivity index (χ1) is 20.7. The molecule has 0 spiro atoms. The van der Waals surface area contributed by atoms with Gasteiger partial charge >= 0.3 is 5.97 Å². The van der Waals surface area contributed by atoms with E-state index in [2.05, 4.69) is 4.90 Å². The van der Waals surface area contributed by atoms with E-state index in [9.17, 15) is 20.3 Å². The van der Waals surface area contributed by atoms with Crippen molar-refractivity contribution in [2.45, 2.75) is 64.2 Å². The molecule has 6 rings (SSSR count). The van der Waals surface area contributed by atoms with Crippen molar-refractivity contribution in [1.29, 1.82) is 5.26 Å². The number of halogens is 1. The molecule has 2 aliphatic heterocycles. The molecule has 0 saturated carbocycles. The Labute approximate surface area is 252 Å². The number of nitrogens with zero attached hydrogens (tertiary/aromatic N) is 4. The van der Waals surface area contributed by atoms with Crippen LogP contribution in [0.3, 0.4) is 0 Å². The maximum Gasteiger partial charge on any atom is 0.346 e. The Hall–Kier alpha value is -3.82. The van der Waals surface area contributed by atoms with Gasteiger partial charge in [0, 0.05) is 12.5 Å². The molecular formula is C32H33FN4O5S. The first-order valence-electron chi connectivity index (χ1n) is 14.5. The number of carboxylic acid groups (broad SMARTS) is 1. The molecule has 1 saturated heterocycles. The number of thiophene rings is 1. The van der Waals surface area contributed by atoms with Crippen LogP contribution in [0.15, 0.2) is 48.5 Å². The van der Waals surface area contributed by atoms with Crippen molar-refractivity contribution in [2.75, 3.05) is 13.1 Å². The number of hydrogen-bond donors (Lipinski definition) is 2. The highest BCUT2D eigenvalue weighted by atomic mass is 32.1. The Morgan fingerprint density at radius 1 is 1.26 bits per heavy atom. The van der Waals surface area contributed by atoms with Crippen molar-refractivity contribution < 1.29 is 28.9 Å². The molecule has 9 nitrogen and oxygen atoms in total. The fraction of sp³-hybridized carbons (Fsp3) is 0.406. The van der Waals surface area contributed by atoms with Crippen LogP contribution in [0.4, 0.5) is 4.39 Å². The first kappa shape index (κ1) is 29.3. The zero-order chi connectivity index (χ0) is 30.3. The molecule has 4 heterocycles. The van der Waals surface area contributed by atoms with Gasteiger partial charge in [-0.3, -0.25) is 4.90 Å². The minimum atomic E-state index is -1.36. The summed E-state index contributed by atoms with van der Waals surface area (Å²) >= 11 is 1.15. The molecule has 2 aromatic carbocycles. The van der Waals surface area contributed by atoms with Crippen molar-refractivity contribution >= 4 is 27.7 Å². The van der Waals surface area contributed by atoms with Gasteiger partial charge in [-0.1, -0.05) is 25.1 Å². The van der Waals surface area contributed by atoms with Crippen molar-refractivity contribution in [3.05, 3.63) is 81.7 Å². The minimum absolute atomic E-state index is 0.158. The van der Waals surface area contributed by atoms with E-state index in [1.165, 1.54) is 6.07 Å². The molecule has 2 aliphatic rings. The standard InChI is InChI=1S/C32H33FN4O5S/c1-3-21(38)17-37-25-15-27(31(39)40)43-30(25)35-28(37)18-36-12-10-20(11-13-36)29-22-6-4-5-7-26(22)41-32(2,42-29)23-9-8-19(16-34)14-24(23)33/h4-9,14-15,20-21,29,38H,3,10-13,17-18H2,1-2H3,(H,39,40)/t21-,29?,32?/m0/s1. The van der Waals surface area contributed by atoms with E-state index in [1.54, 1.807) is 25.1 Å². The van der Waals surface area contributed by atoms with Gasteiger partial charge in [0.05, 0.1) is 48.0 Å². The number of fused-ring (bicyclic) bond motifs is 2. The van der Waals surface area contributed by atoms with E-state index >= 15 is 4.39 Å². The number of aliphatic hydroxyl groups is 1. The Morgan fingerprint density at radius 3 is 2.72 bits per heavy atom. The van der Waals surface area contributed by atoms with Crippen LogP contribution >= 0.6 is 11.3 Å². The number of benzene rings is 2. The number of ether oxygens (including phenoxy) is 2. The van der Waals surface area contributed by atoms with Gasteiger partial charge in [-0.25, -0.2) is 14.2 Å². The highest BCUT2D eigenvalue weighted by Gasteiger charge is 2.44. The quantitative estimate of drug-likeness (QED) is 0.258. The Balaban J connectivity index is 1.21. The van der Waals surface area contributed by atoms with E-state index < -0.39 is 23.7 Å². The monoisotopic (exact) mass is 604 g/mol. The summed E-state index contributed by atoms with van der Waals surface area (Å²) in [7, 11) is 0. The topological polar surface area (TPSA) is 121 Å². The summed E-state index contributed by atoms with van der Waals surface area (Å²) in [6, 6.07) is 15.7. The van der Waals surface area contributed by atoms with Crippen LogP contribution < -0.4 is 4.74 Å². The summed E-state index contributed by atoms with van der Waals surface area (Å²) < 4.78 is 30.0. The van der Waals surface area contributed by atoms with Crippen LogP contribution in [-0.4, -0.2) is 49.8 Å². The van der Waals surface area contributed by atoms with Gasteiger partial charge in [0.2, 0.25) is 5.79 Å².